The lowest BCUT2D eigenvalue weighted by molar-refractivity contribution is -0.119. The summed E-state index contributed by atoms with van der Waals surface area (Å²) in [5, 5.41) is 3.50. The molecular formula is C17H19FN2O2S. The van der Waals surface area contributed by atoms with E-state index in [1.54, 1.807) is 12.1 Å². The van der Waals surface area contributed by atoms with Crippen LogP contribution in [0.5, 0.6) is 0 Å². The Hall–Kier alpha value is -1.79. The molecular weight excluding hydrogens is 315 g/mol. The van der Waals surface area contributed by atoms with Crippen LogP contribution in [0.4, 0.5) is 9.52 Å². The Labute approximate surface area is 138 Å². The van der Waals surface area contributed by atoms with Crippen LogP contribution in [-0.4, -0.2) is 23.6 Å². The molecule has 2 atom stereocenters. The molecule has 2 heterocycles. The molecule has 1 aromatic heterocycles. The van der Waals surface area contributed by atoms with E-state index in [1.165, 1.54) is 23.5 Å². The standard InChI is InChI=1S/C17H19FN2O2S/c1-10-7-13(9-22-10)16(21)20-17-19-11(2)15(23-17)8-12-3-5-14(18)6-4-12/h3-6,10,13H,7-9H2,1-2H3,(H,19,20,21). The third-order valence-electron chi connectivity index (χ3n) is 3.97. The van der Waals surface area contributed by atoms with Crippen molar-refractivity contribution in [3.05, 3.63) is 46.2 Å². The van der Waals surface area contributed by atoms with Crippen LogP contribution in [0.2, 0.25) is 0 Å². The van der Waals surface area contributed by atoms with Crippen LogP contribution < -0.4 is 5.32 Å². The zero-order chi connectivity index (χ0) is 16.4. The Kier molecular flexibility index (Phi) is 4.73. The Morgan fingerprint density at radius 1 is 1.43 bits per heavy atom. The van der Waals surface area contributed by atoms with Crippen LogP contribution in [0.1, 0.15) is 29.5 Å². The largest absolute Gasteiger partial charge is 0.378 e. The first-order valence-corrected chi connectivity index (χ1v) is 8.46. The summed E-state index contributed by atoms with van der Waals surface area (Å²) in [5.74, 6) is -0.373. The quantitative estimate of drug-likeness (QED) is 0.930. The summed E-state index contributed by atoms with van der Waals surface area (Å²) < 4.78 is 18.4. The highest BCUT2D eigenvalue weighted by Crippen LogP contribution is 2.27. The Bertz CT molecular complexity index is 699. The van der Waals surface area contributed by atoms with Gasteiger partial charge in [0.2, 0.25) is 5.91 Å². The van der Waals surface area contributed by atoms with Crippen LogP contribution in [0.3, 0.4) is 0 Å². The van der Waals surface area contributed by atoms with E-state index in [4.69, 9.17) is 4.74 Å². The third kappa shape index (κ3) is 3.95. The molecule has 0 aliphatic carbocycles. The van der Waals surface area contributed by atoms with Gasteiger partial charge in [-0.2, -0.15) is 0 Å². The number of hydrogen-bond acceptors (Lipinski definition) is 4. The topological polar surface area (TPSA) is 51.2 Å². The molecule has 0 saturated carbocycles. The first-order valence-electron chi connectivity index (χ1n) is 7.64. The lowest BCUT2D eigenvalue weighted by Crippen LogP contribution is -2.22. The van der Waals surface area contributed by atoms with Gasteiger partial charge in [0, 0.05) is 11.3 Å². The maximum atomic E-state index is 13.0. The number of anilines is 1. The number of halogens is 1. The van der Waals surface area contributed by atoms with Crippen LogP contribution in [0.15, 0.2) is 24.3 Å². The van der Waals surface area contributed by atoms with Crippen LogP contribution in [-0.2, 0) is 16.0 Å². The van der Waals surface area contributed by atoms with Gasteiger partial charge in [-0.3, -0.25) is 4.79 Å². The van der Waals surface area contributed by atoms with Crippen LogP contribution >= 0.6 is 11.3 Å². The minimum Gasteiger partial charge on any atom is -0.378 e. The van der Waals surface area contributed by atoms with E-state index in [2.05, 4.69) is 10.3 Å². The molecule has 1 N–H and O–H groups in total. The number of rotatable bonds is 4. The summed E-state index contributed by atoms with van der Waals surface area (Å²) in [5.41, 5.74) is 1.92. The average Bonchev–Trinajstić information content (AvgIpc) is 3.08. The van der Waals surface area contributed by atoms with Crippen molar-refractivity contribution in [2.45, 2.75) is 32.8 Å². The number of amides is 1. The van der Waals surface area contributed by atoms with Gasteiger partial charge in [0.05, 0.1) is 24.3 Å². The second kappa shape index (κ2) is 6.76. The molecule has 0 bridgehead atoms. The molecule has 1 aromatic carbocycles. The van der Waals surface area contributed by atoms with E-state index in [-0.39, 0.29) is 23.7 Å². The number of benzene rings is 1. The first kappa shape index (κ1) is 16.1. The second-order valence-corrected chi connectivity index (χ2v) is 6.98. The second-order valence-electron chi connectivity index (χ2n) is 5.90. The predicted octanol–water partition coefficient (Wildman–Crippen LogP) is 3.54. The fourth-order valence-corrected chi connectivity index (χ4v) is 3.64. The predicted molar refractivity (Wildman–Crippen MR) is 88.2 cm³/mol. The Morgan fingerprint density at radius 3 is 2.83 bits per heavy atom. The van der Waals surface area contributed by atoms with Gasteiger partial charge in [0.15, 0.2) is 5.13 Å². The highest BCUT2D eigenvalue weighted by molar-refractivity contribution is 7.15. The molecule has 2 unspecified atom stereocenters. The van der Waals surface area contributed by atoms with Gasteiger partial charge < -0.3 is 10.1 Å². The highest BCUT2D eigenvalue weighted by Gasteiger charge is 2.28. The summed E-state index contributed by atoms with van der Waals surface area (Å²) in [6, 6.07) is 6.44. The number of aryl methyl sites for hydroxylation is 1. The van der Waals surface area contributed by atoms with E-state index < -0.39 is 0 Å². The van der Waals surface area contributed by atoms with E-state index >= 15 is 0 Å². The molecule has 0 spiro atoms. The smallest absolute Gasteiger partial charge is 0.231 e. The van der Waals surface area contributed by atoms with Crippen molar-refractivity contribution in [2.75, 3.05) is 11.9 Å². The van der Waals surface area contributed by atoms with Gasteiger partial charge in [0.25, 0.3) is 0 Å². The summed E-state index contributed by atoms with van der Waals surface area (Å²) in [4.78, 5) is 17.7. The van der Waals surface area contributed by atoms with E-state index in [0.29, 0.717) is 18.2 Å². The number of hydrogen-bond donors (Lipinski definition) is 1. The van der Waals surface area contributed by atoms with Crippen molar-refractivity contribution in [3.63, 3.8) is 0 Å². The fraction of sp³-hybridized carbons (Fsp3) is 0.412. The fourth-order valence-electron chi connectivity index (χ4n) is 2.64. The summed E-state index contributed by atoms with van der Waals surface area (Å²) in [7, 11) is 0. The SMILES string of the molecule is Cc1nc(NC(=O)C2COC(C)C2)sc1Cc1ccc(F)cc1. The maximum Gasteiger partial charge on any atom is 0.231 e. The van der Waals surface area contributed by atoms with Crippen molar-refractivity contribution in [1.82, 2.24) is 4.98 Å². The summed E-state index contributed by atoms with van der Waals surface area (Å²) >= 11 is 1.47. The van der Waals surface area contributed by atoms with Crippen molar-refractivity contribution in [2.24, 2.45) is 5.92 Å². The van der Waals surface area contributed by atoms with Gasteiger partial charge in [-0.05, 0) is 38.0 Å². The molecule has 1 aliphatic rings. The van der Waals surface area contributed by atoms with Crippen molar-refractivity contribution < 1.29 is 13.9 Å². The van der Waals surface area contributed by atoms with Gasteiger partial charge >= 0.3 is 0 Å². The van der Waals surface area contributed by atoms with E-state index in [9.17, 15) is 9.18 Å². The number of nitrogens with zero attached hydrogens (tertiary/aromatic N) is 1. The maximum absolute atomic E-state index is 13.0. The lowest BCUT2D eigenvalue weighted by Gasteiger charge is -2.06. The molecule has 2 aromatic rings. The van der Waals surface area contributed by atoms with Crippen molar-refractivity contribution >= 4 is 22.4 Å². The number of nitrogens with one attached hydrogen (secondary N) is 1. The molecule has 1 fully saturated rings. The van der Waals surface area contributed by atoms with Gasteiger partial charge in [-0.15, -0.1) is 11.3 Å². The van der Waals surface area contributed by atoms with Crippen LogP contribution in [0.25, 0.3) is 0 Å². The normalized spacial score (nSPS) is 20.7. The van der Waals surface area contributed by atoms with Crippen molar-refractivity contribution in [3.8, 4) is 0 Å². The van der Waals surface area contributed by atoms with Gasteiger partial charge in [-0.1, -0.05) is 12.1 Å². The molecule has 1 amide bonds. The minimum absolute atomic E-state index is 0.0311. The molecule has 3 rings (SSSR count). The average molecular weight is 334 g/mol. The molecule has 6 heteroatoms. The number of thiazole rings is 1. The number of carbonyl (C=O) groups is 1. The van der Waals surface area contributed by atoms with E-state index in [1.807, 2.05) is 13.8 Å². The van der Waals surface area contributed by atoms with Crippen molar-refractivity contribution in [1.29, 1.82) is 0 Å². The molecule has 122 valence electrons. The number of carbonyl (C=O) groups excluding carboxylic acids is 1. The molecule has 1 aliphatic heterocycles. The zero-order valence-corrected chi connectivity index (χ0v) is 14.0. The minimum atomic E-state index is -0.240. The molecule has 23 heavy (non-hydrogen) atoms. The van der Waals surface area contributed by atoms with Crippen LogP contribution in [0, 0.1) is 18.7 Å². The zero-order valence-electron chi connectivity index (χ0n) is 13.1. The molecule has 1 saturated heterocycles. The molecule has 0 radical (unpaired) electrons. The summed E-state index contributed by atoms with van der Waals surface area (Å²) in [6.45, 7) is 4.37. The monoisotopic (exact) mass is 334 g/mol. The highest BCUT2D eigenvalue weighted by atomic mass is 32.1. The molecule has 4 nitrogen and oxygen atoms in total. The summed E-state index contributed by atoms with van der Waals surface area (Å²) in [6.07, 6.45) is 1.57. The van der Waals surface area contributed by atoms with E-state index in [0.717, 1.165) is 22.6 Å². The third-order valence-corrected chi connectivity index (χ3v) is 5.04. The van der Waals surface area contributed by atoms with Gasteiger partial charge in [0.1, 0.15) is 5.82 Å². The number of ether oxygens (including phenoxy) is 1. The number of aromatic nitrogens is 1. The Morgan fingerprint density at radius 2 is 2.17 bits per heavy atom. The van der Waals surface area contributed by atoms with Gasteiger partial charge in [-0.25, -0.2) is 9.37 Å². The first-order chi connectivity index (χ1) is 11.0. The lowest BCUT2D eigenvalue weighted by atomic mass is 10.1. The Balaban J connectivity index is 1.66.